The number of nitrogens with zero attached hydrogens (tertiary/aromatic N) is 5. The summed E-state index contributed by atoms with van der Waals surface area (Å²) in [5.41, 5.74) is 4.04. The lowest BCUT2D eigenvalue weighted by Crippen LogP contribution is -2.38. The fourth-order valence-corrected chi connectivity index (χ4v) is 4.85. The standard InChI is InChI=1S/C27H25FN6O2/c28-21-13-18(7-8-20(21)26(36)32-23-4-1-5-25(23)35)24-15-31-27-30-14-19(34(27)33-24)12-16-6-9-22-17(11-16)3-2-10-29-22/h2-3,6-11,13-15,23,25-26,32,35-36H,1,4-5,12H2/t23-,25-,26?/m0/s1. The van der Waals surface area contributed by atoms with E-state index in [1.54, 1.807) is 29.2 Å². The molecule has 0 amide bonds. The summed E-state index contributed by atoms with van der Waals surface area (Å²) in [5.74, 6) is -0.0967. The molecule has 1 fully saturated rings. The van der Waals surface area contributed by atoms with Crippen LogP contribution in [0, 0.1) is 5.82 Å². The van der Waals surface area contributed by atoms with Crippen molar-refractivity contribution in [2.24, 2.45) is 0 Å². The summed E-state index contributed by atoms with van der Waals surface area (Å²) in [5, 5.41) is 29.1. The molecule has 3 aromatic heterocycles. The van der Waals surface area contributed by atoms with E-state index in [2.05, 4.69) is 31.4 Å². The van der Waals surface area contributed by atoms with Crippen molar-refractivity contribution in [3.05, 3.63) is 89.8 Å². The van der Waals surface area contributed by atoms with Gasteiger partial charge in [-0.05, 0) is 49.1 Å². The number of benzene rings is 2. The average Bonchev–Trinajstić information content (AvgIpc) is 3.49. The minimum absolute atomic E-state index is 0.126. The molecule has 1 aliphatic rings. The van der Waals surface area contributed by atoms with Crippen LogP contribution >= 0.6 is 0 Å². The number of rotatable bonds is 6. The highest BCUT2D eigenvalue weighted by Gasteiger charge is 2.28. The smallest absolute Gasteiger partial charge is 0.250 e. The summed E-state index contributed by atoms with van der Waals surface area (Å²) in [6.45, 7) is 0. The van der Waals surface area contributed by atoms with E-state index >= 15 is 0 Å². The van der Waals surface area contributed by atoms with E-state index in [0.29, 0.717) is 29.9 Å². The highest BCUT2D eigenvalue weighted by molar-refractivity contribution is 5.79. The highest BCUT2D eigenvalue weighted by atomic mass is 19.1. The normalized spacial score (nSPS) is 18.8. The number of imidazole rings is 1. The van der Waals surface area contributed by atoms with Crippen molar-refractivity contribution in [3.8, 4) is 11.3 Å². The summed E-state index contributed by atoms with van der Waals surface area (Å²) in [6.07, 6.45) is 6.25. The number of aliphatic hydroxyl groups is 2. The number of halogens is 1. The Morgan fingerprint density at radius 3 is 2.78 bits per heavy atom. The topological polar surface area (TPSA) is 108 Å². The maximum atomic E-state index is 15.0. The first-order chi connectivity index (χ1) is 17.5. The molecule has 3 N–H and O–H groups in total. The predicted molar refractivity (Wildman–Crippen MR) is 132 cm³/mol. The van der Waals surface area contributed by atoms with Crippen LogP contribution in [0.15, 0.2) is 67.1 Å². The van der Waals surface area contributed by atoms with E-state index in [0.717, 1.165) is 35.0 Å². The van der Waals surface area contributed by atoms with Crippen LogP contribution in [0.4, 0.5) is 4.39 Å². The molecule has 5 aromatic rings. The Labute approximate surface area is 206 Å². The van der Waals surface area contributed by atoms with Gasteiger partial charge in [0.1, 0.15) is 17.7 Å². The molecule has 6 rings (SSSR count). The van der Waals surface area contributed by atoms with Crippen molar-refractivity contribution < 1.29 is 14.6 Å². The van der Waals surface area contributed by atoms with Crippen molar-refractivity contribution in [1.29, 1.82) is 0 Å². The Kier molecular flexibility index (Phi) is 5.88. The van der Waals surface area contributed by atoms with Crippen LogP contribution in [0.25, 0.3) is 27.9 Å². The molecular weight excluding hydrogens is 459 g/mol. The minimum Gasteiger partial charge on any atom is -0.392 e. The van der Waals surface area contributed by atoms with E-state index < -0.39 is 18.1 Å². The Balaban J connectivity index is 1.26. The van der Waals surface area contributed by atoms with Crippen molar-refractivity contribution >= 4 is 16.7 Å². The Bertz CT molecular complexity index is 1550. The van der Waals surface area contributed by atoms with Crippen LogP contribution in [0.2, 0.25) is 0 Å². The summed E-state index contributed by atoms with van der Waals surface area (Å²) >= 11 is 0. The number of pyridine rings is 1. The van der Waals surface area contributed by atoms with Crippen LogP contribution in [0.3, 0.4) is 0 Å². The molecule has 1 aliphatic carbocycles. The first-order valence-electron chi connectivity index (χ1n) is 12.0. The average molecular weight is 485 g/mol. The molecule has 3 atom stereocenters. The summed E-state index contributed by atoms with van der Waals surface area (Å²) in [7, 11) is 0. The molecule has 2 aromatic carbocycles. The van der Waals surface area contributed by atoms with Gasteiger partial charge < -0.3 is 10.2 Å². The van der Waals surface area contributed by atoms with Gasteiger partial charge in [0.05, 0.1) is 29.7 Å². The highest BCUT2D eigenvalue weighted by Crippen LogP contribution is 2.26. The quantitative estimate of drug-likeness (QED) is 0.316. The van der Waals surface area contributed by atoms with E-state index in [4.69, 9.17) is 0 Å². The first kappa shape index (κ1) is 22.7. The third-order valence-corrected chi connectivity index (χ3v) is 6.80. The van der Waals surface area contributed by atoms with E-state index in [1.807, 2.05) is 24.3 Å². The predicted octanol–water partition coefficient (Wildman–Crippen LogP) is 3.56. The van der Waals surface area contributed by atoms with Crippen LogP contribution in [0.5, 0.6) is 0 Å². The van der Waals surface area contributed by atoms with Crippen LogP contribution in [-0.2, 0) is 6.42 Å². The van der Waals surface area contributed by atoms with Crippen LogP contribution in [-0.4, -0.2) is 46.9 Å². The lowest BCUT2D eigenvalue weighted by atomic mass is 10.1. The molecule has 182 valence electrons. The van der Waals surface area contributed by atoms with Gasteiger partial charge >= 0.3 is 0 Å². The molecule has 1 saturated carbocycles. The van der Waals surface area contributed by atoms with Gasteiger partial charge in [-0.1, -0.05) is 24.3 Å². The number of fused-ring (bicyclic) bond motifs is 2. The molecule has 36 heavy (non-hydrogen) atoms. The van der Waals surface area contributed by atoms with Crippen molar-refractivity contribution in [1.82, 2.24) is 29.9 Å². The molecule has 9 heteroatoms. The lowest BCUT2D eigenvalue weighted by molar-refractivity contribution is 0.0767. The first-order valence-corrected chi connectivity index (χ1v) is 12.0. The van der Waals surface area contributed by atoms with E-state index in [9.17, 15) is 14.6 Å². The second-order valence-corrected chi connectivity index (χ2v) is 9.22. The second-order valence-electron chi connectivity index (χ2n) is 9.22. The van der Waals surface area contributed by atoms with Gasteiger partial charge in [0, 0.05) is 35.2 Å². The maximum Gasteiger partial charge on any atom is 0.250 e. The molecule has 0 saturated heterocycles. The molecule has 0 aliphatic heterocycles. The molecule has 3 heterocycles. The van der Waals surface area contributed by atoms with Gasteiger partial charge in [0.15, 0.2) is 0 Å². The van der Waals surface area contributed by atoms with E-state index in [1.165, 1.54) is 12.1 Å². The third-order valence-electron chi connectivity index (χ3n) is 6.80. The van der Waals surface area contributed by atoms with Crippen molar-refractivity contribution in [2.45, 2.75) is 44.1 Å². The molecule has 8 nitrogen and oxygen atoms in total. The van der Waals surface area contributed by atoms with Gasteiger partial charge in [-0.3, -0.25) is 10.3 Å². The fraction of sp³-hybridized carbons (Fsp3) is 0.259. The number of aromatic nitrogens is 5. The van der Waals surface area contributed by atoms with Gasteiger partial charge in [-0.25, -0.2) is 18.9 Å². The molecular formula is C27H25FN6O2. The molecule has 1 unspecified atom stereocenters. The number of aliphatic hydroxyl groups excluding tert-OH is 2. The lowest BCUT2D eigenvalue weighted by Gasteiger charge is -2.22. The zero-order valence-corrected chi connectivity index (χ0v) is 19.4. The summed E-state index contributed by atoms with van der Waals surface area (Å²) in [4.78, 5) is 13.1. The zero-order chi connectivity index (χ0) is 24.6. The number of hydrogen-bond acceptors (Lipinski definition) is 7. The van der Waals surface area contributed by atoms with E-state index in [-0.39, 0.29) is 11.6 Å². The zero-order valence-electron chi connectivity index (χ0n) is 19.4. The Morgan fingerprint density at radius 1 is 1.06 bits per heavy atom. The third kappa shape index (κ3) is 4.32. The SMILES string of the molecule is OC(N[C@H]1CCC[C@@H]1O)c1ccc(-c2cnc3ncc(Cc4ccc5ncccc5c4)n3n2)cc1F. The fourth-order valence-electron chi connectivity index (χ4n) is 4.85. The number of hydrogen-bond donors (Lipinski definition) is 3. The second kappa shape index (κ2) is 9.34. The van der Waals surface area contributed by atoms with Gasteiger partial charge in [0.2, 0.25) is 0 Å². The van der Waals surface area contributed by atoms with Gasteiger partial charge in [-0.15, -0.1) is 0 Å². The minimum atomic E-state index is -1.21. The van der Waals surface area contributed by atoms with Crippen LogP contribution in [0.1, 0.15) is 42.3 Å². The summed E-state index contributed by atoms with van der Waals surface area (Å²) in [6, 6.07) is 14.4. The van der Waals surface area contributed by atoms with Crippen LogP contribution < -0.4 is 5.32 Å². The monoisotopic (exact) mass is 484 g/mol. The van der Waals surface area contributed by atoms with Crippen molar-refractivity contribution in [3.63, 3.8) is 0 Å². The Hall–Kier alpha value is -3.79. The number of nitrogens with one attached hydrogen (secondary N) is 1. The molecule has 0 bridgehead atoms. The largest absolute Gasteiger partial charge is 0.392 e. The van der Waals surface area contributed by atoms with Crippen molar-refractivity contribution in [2.75, 3.05) is 0 Å². The van der Waals surface area contributed by atoms with Gasteiger partial charge in [-0.2, -0.15) is 5.10 Å². The Morgan fingerprint density at radius 2 is 1.94 bits per heavy atom. The van der Waals surface area contributed by atoms with Gasteiger partial charge in [0.25, 0.3) is 5.78 Å². The molecule has 0 radical (unpaired) electrons. The maximum absolute atomic E-state index is 15.0. The summed E-state index contributed by atoms with van der Waals surface area (Å²) < 4.78 is 16.6. The molecule has 0 spiro atoms.